The molecule has 1 aromatic heterocycles. The van der Waals surface area contributed by atoms with Crippen LogP contribution in [0.15, 0.2) is 121 Å². The fourth-order valence-corrected chi connectivity index (χ4v) is 6.58. The molecule has 3 amide bonds. The minimum atomic E-state index is -0.972. The lowest BCUT2D eigenvalue weighted by molar-refractivity contribution is -0.132. The summed E-state index contributed by atoms with van der Waals surface area (Å²) in [6.07, 6.45) is 0. The number of benzene rings is 5. The molecule has 9 heteroatoms. The van der Waals surface area contributed by atoms with Gasteiger partial charge in [-0.15, -0.1) is 11.3 Å². The maximum Gasteiger partial charge on any atom is 0.281 e. The molecule has 6 rings (SSSR count). The summed E-state index contributed by atoms with van der Waals surface area (Å²) in [6, 6.07) is 35.0. The Balaban J connectivity index is 1.19. The number of anilines is 1. The molecule has 5 aromatic carbocycles. The third-order valence-electron chi connectivity index (χ3n) is 8.44. The van der Waals surface area contributed by atoms with Gasteiger partial charge in [-0.25, -0.2) is 9.37 Å². The number of rotatable bonds is 9. The number of nitrogens with one attached hydrogen (secondary N) is 2. The Kier molecular flexibility index (Phi) is 9.88. The molecule has 1 heterocycles. The molecule has 252 valence electrons. The number of amides is 3. The van der Waals surface area contributed by atoms with Crippen LogP contribution in [0.2, 0.25) is 0 Å². The van der Waals surface area contributed by atoms with Gasteiger partial charge in [-0.05, 0) is 69.6 Å². The van der Waals surface area contributed by atoms with Gasteiger partial charge in [-0.1, -0.05) is 106 Å². The topological polar surface area (TPSA) is 91.4 Å². The fraction of sp³-hybridized carbons (Fsp3) is 0.171. The number of carbonyl (C=O) groups is 3. The first-order chi connectivity index (χ1) is 24.0. The van der Waals surface area contributed by atoms with Gasteiger partial charge >= 0.3 is 0 Å². The van der Waals surface area contributed by atoms with E-state index in [-0.39, 0.29) is 34.6 Å². The lowest BCUT2D eigenvalue weighted by Crippen LogP contribution is -2.41. The van der Waals surface area contributed by atoms with Gasteiger partial charge < -0.3 is 15.5 Å². The average Bonchev–Trinajstić information content (AvgIpc) is 3.55. The van der Waals surface area contributed by atoms with E-state index in [2.05, 4.69) is 48.5 Å². The molecule has 0 aliphatic rings. The highest BCUT2D eigenvalue weighted by molar-refractivity contribution is 7.20. The van der Waals surface area contributed by atoms with E-state index in [1.54, 1.807) is 67.7 Å². The van der Waals surface area contributed by atoms with Crippen molar-refractivity contribution in [3.05, 3.63) is 154 Å². The standard InChI is InChI=1S/C41H37FN4O3S/c1-41(2,3)29-18-16-27(17-19-29)32-12-8-9-13-33(32)37(47)43-31-22-23-34-35(24-31)50-39(44-34)38(48)45-36(28-10-6-5-7-11-28)40(49)46(4)25-26-14-20-30(42)21-15-26/h5-24,36H,25H2,1-4H3,(H,43,47)(H,45,48)/t36-/m1/s1. The van der Waals surface area contributed by atoms with Crippen molar-refractivity contribution < 1.29 is 18.8 Å². The second-order valence-electron chi connectivity index (χ2n) is 13.2. The zero-order chi connectivity index (χ0) is 35.4. The van der Waals surface area contributed by atoms with Crippen LogP contribution >= 0.6 is 11.3 Å². The molecule has 0 aliphatic heterocycles. The summed E-state index contributed by atoms with van der Waals surface area (Å²) in [5.41, 5.74) is 6.09. The Morgan fingerprint density at radius 3 is 2.20 bits per heavy atom. The van der Waals surface area contributed by atoms with E-state index >= 15 is 0 Å². The number of halogens is 1. The van der Waals surface area contributed by atoms with Crippen LogP contribution in [0.1, 0.15) is 63.7 Å². The maximum atomic E-state index is 13.7. The number of hydrogen-bond donors (Lipinski definition) is 2. The molecule has 0 saturated carbocycles. The average molecular weight is 685 g/mol. The molecule has 0 saturated heterocycles. The van der Waals surface area contributed by atoms with Gasteiger partial charge in [0.1, 0.15) is 11.9 Å². The molecule has 7 nitrogen and oxygen atoms in total. The largest absolute Gasteiger partial charge is 0.339 e. The number of nitrogens with zero attached hydrogens (tertiary/aromatic N) is 2. The van der Waals surface area contributed by atoms with Crippen LogP contribution in [-0.4, -0.2) is 34.7 Å². The first kappa shape index (κ1) is 34.2. The molecule has 0 unspecified atom stereocenters. The van der Waals surface area contributed by atoms with E-state index in [1.807, 2.05) is 36.4 Å². The van der Waals surface area contributed by atoms with Gasteiger partial charge in [0.15, 0.2) is 5.01 Å². The Hall–Kier alpha value is -5.67. The highest BCUT2D eigenvalue weighted by atomic mass is 32.1. The summed E-state index contributed by atoms with van der Waals surface area (Å²) in [7, 11) is 1.64. The normalized spacial score (nSPS) is 11.9. The van der Waals surface area contributed by atoms with E-state index in [0.717, 1.165) is 16.7 Å². The first-order valence-electron chi connectivity index (χ1n) is 16.2. The smallest absolute Gasteiger partial charge is 0.281 e. The highest BCUT2D eigenvalue weighted by Crippen LogP contribution is 2.30. The van der Waals surface area contributed by atoms with E-state index in [4.69, 9.17) is 0 Å². The Labute approximate surface area is 294 Å². The van der Waals surface area contributed by atoms with Crippen molar-refractivity contribution in [3.8, 4) is 11.1 Å². The van der Waals surface area contributed by atoms with Crippen molar-refractivity contribution in [2.24, 2.45) is 0 Å². The van der Waals surface area contributed by atoms with Crippen molar-refractivity contribution in [1.29, 1.82) is 0 Å². The third-order valence-corrected chi connectivity index (χ3v) is 9.46. The van der Waals surface area contributed by atoms with Gasteiger partial charge in [-0.3, -0.25) is 14.4 Å². The predicted octanol–water partition coefficient (Wildman–Crippen LogP) is 8.78. The van der Waals surface area contributed by atoms with Crippen LogP contribution in [0, 0.1) is 5.82 Å². The van der Waals surface area contributed by atoms with Crippen molar-refractivity contribution in [2.75, 3.05) is 12.4 Å². The SMILES string of the molecule is CN(Cc1ccc(F)cc1)C(=O)[C@H](NC(=O)c1nc2ccc(NC(=O)c3ccccc3-c3ccc(C(C)(C)C)cc3)cc2s1)c1ccccc1. The van der Waals surface area contributed by atoms with Gasteiger partial charge in [0.2, 0.25) is 5.91 Å². The molecule has 0 bridgehead atoms. The zero-order valence-corrected chi connectivity index (χ0v) is 29.1. The predicted molar refractivity (Wildman–Crippen MR) is 198 cm³/mol. The van der Waals surface area contributed by atoms with Crippen LogP contribution < -0.4 is 10.6 Å². The summed E-state index contributed by atoms with van der Waals surface area (Å²) in [5, 5.41) is 6.07. The van der Waals surface area contributed by atoms with Gasteiger partial charge in [-0.2, -0.15) is 0 Å². The molecule has 6 aromatic rings. The maximum absolute atomic E-state index is 13.7. The fourth-order valence-electron chi connectivity index (χ4n) is 5.67. The quantitative estimate of drug-likeness (QED) is 0.159. The molecular weight excluding hydrogens is 648 g/mol. The van der Waals surface area contributed by atoms with Crippen LogP contribution in [0.4, 0.5) is 10.1 Å². The van der Waals surface area contributed by atoms with Crippen molar-refractivity contribution >= 4 is 45.0 Å². The summed E-state index contributed by atoms with van der Waals surface area (Å²) < 4.78 is 14.1. The Bertz CT molecular complexity index is 2160. The second-order valence-corrected chi connectivity index (χ2v) is 14.2. The van der Waals surface area contributed by atoms with E-state index in [0.29, 0.717) is 27.0 Å². The second kappa shape index (κ2) is 14.4. The van der Waals surface area contributed by atoms with E-state index < -0.39 is 11.9 Å². The lowest BCUT2D eigenvalue weighted by atomic mass is 9.86. The molecule has 50 heavy (non-hydrogen) atoms. The molecule has 0 spiro atoms. The molecular formula is C41H37FN4O3S. The minimum Gasteiger partial charge on any atom is -0.339 e. The zero-order valence-electron chi connectivity index (χ0n) is 28.2. The Morgan fingerprint density at radius 2 is 1.50 bits per heavy atom. The summed E-state index contributed by atoms with van der Waals surface area (Å²) in [5.74, 6) is -1.44. The molecule has 0 aliphatic carbocycles. The Morgan fingerprint density at radius 1 is 0.820 bits per heavy atom. The van der Waals surface area contributed by atoms with E-state index in [9.17, 15) is 18.8 Å². The third kappa shape index (κ3) is 7.79. The molecule has 0 radical (unpaired) electrons. The molecule has 2 N–H and O–H groups in total. The van der Waals surface area contributed by atoms with Crippen LogP contribution in [0.3, 0.4) is 0 Å². The first-order valence-corrected chi connectivity index (χ1v) is 17.0. The number of carbonyl (C=O) groups excluding carboxylic acids is 3. The van der Waals surface area contributed by atoms with Crippen molar-refractivity contribution in [2.45, 2.75) is 38.8 Å². The van der Waals surface area contributed by atoms with Gasteiger partial charge in [0.25, 0.3) is 11.8 Å². The number of likely N-dealkylation sites (N-methyl/N-ethyl adjacent to an activating group) is 1. The number of aromatic nitrogens is 1. The number of fused-ring (bicyclic) bond motifs is 1. The summed E-state index contributed by atoms with van der Waals surface area (Å²) in [4.78, 5) is 46.8. The molecule has 0 fully saturated rings. The molecule has 1 atom stereocenters. The van der Waals surface area contributed by atoms with Gasteiger partial charge in [0, 0.05) is 24.8 Å². The van der Waals surface area contributed by atoms with Crippen molar-refractivity contribution in [1.82, 2.24) is 15.2 Å². The lowest BCUT2D eigenvalue weighted by Gasteiger charge is -2.25. The van der Waals surface area contributed by atoms with E-state index in [1.165, 1.54) is 33.9 Å². The highest BCUT2D eigenvalue weighted by Gasteiger charge is 2.27. The van der Waals surface area contributed by atoms with Crippen molar-refractivity contribution in [3.63, 3.8) is 0 Å². The summed E-state index contributed by atoms with van der Waals surface area (Å²) in [6.45, 7) is 6.74. The number of hydrogen-bond acceptors (Lipinski definition) is 5. The van der Waals surface area contributed by atoms with Crippen LogP contribution in [0.25, 0.3) is 21.3 Å². The minimum absolute atomic E-state index is 0.0230. The van der Waals surface area contributed by atoms with Crippen LogP contribution in [-0.2, 0) is 16.8 Å². The van der Waals surface area contributed by atoms with Gasteiger partial charge in [0.05, 0.1) is 10.2 Å². The number of thiazole rings is 1. The summed E-state index contributed by atoms with van der Waals surface area (Å²) >= 11 is 1.17. The van der Waals surface area contributed by atoms with Crippen LogP contribution in [0.5, 0.6) is 0 Å². The monoisotopic (exact) mass is 684 g/mol.